The van der Waals surface area contributed by atoms with E-state index in [1.165, 1.54) is 0 Å². The third-order valence-corrected chi connectivity index (χ3v) is 4.58. The first-order chi connectivity index (χ1) is 13.6. The molecule has 2 aromatic carbocycles. The van der Waals surface area contributed by atoms with Crippen LogP contribution >= 0.6 is 0 Å². The van der Waals surface area contributed by atoms with Gasteiger partial charge in [0.05, 0.1) is 17.8 Å². The molecule has 0 saturated carbocycles. The summed E-state index contributed by atoms with van der Waals surface area (Å²) in [6.45, 7) is 0. The highest BCUT2D eigenvalue weighted by atomic mass is 32.3. The van der Waals surface area contributed by atoms with Gasteiger partial charge in [0, 0.05) is 6.07 Å². The highest BCUT2D eigenvalue weighted by molar-refractivity contribution is 7.81. The molecule has 0 aliphatic heterocycles. The molecule has 1 heterocycles. The number of benzene rings is 2. The Morgan fingerprint density at radius 2 is 1.17 bits per heavy atom. The molecule has 0 saturated heterocycles. The molecule has 9 nitrogen and oxygen atoms in total. The summed E-state index contributed by atoms with van der Waals surface area (Å²) in [4.78, 5) is 4.15. The van der Waals surface area contributed by atoms with Gasteiger partial charge in [-0.1, -0.05) is 60.7 Å². The zero-order valence-electron chi connectivity index (χ0n) is 14.6. The summed E-state index contributed by atoms with van der Waals surface area (Å²) < 4.78 is 71.0. The molecule has 0 aliphatic rings. The molecule has 0 radical (unpaired) electrons. The van der Waals surface area contributed by atoms with Crippen LogP contribution in [0.5, 0.6) is 11.5 Å². The van der Waals surface area contributed by atoms with E-state index in [0.29, 0.717) is 0 Å². The van der Waals surface area contributed by atoms with Crippen molar-refractivity contribution >= 4 is 20.8 Å². The predicted molar refractivity (Wildman–Crippen MR) is 102 cm³/mol. The molecule has 2 N–H and O–H groups in total. The molecule has 29 heavy (non-hydrogen) atoms. The van der Waals surface area contributed by atoms with Gasteiger partial charge in [-0.2, -0.15) is 16.8 Å². The minimum Gasteiger partial charge on any atom is -0.358 e. The average Bonchev–Trinajstić information content (AvgIpc) is 2.64. The van der Waals surface area contributed by atoms with Gasteiger partial charge in [-0.05, 0) is 11.1 Å². The van der Waals surface area contributed by atoms with Crippen LogP contribution in [0.4, 0.5) is 0 Å². The van der Waals surface area contributed by atoms with E-state index in [-0.39, 0.29) is 5.69 Å². The molecule has 0 bridgehead atoms. The van der Waals surface area contributed by atoms with E-state index in [2.05, 4.69) is 13.4 Å². The average molecular weight is 437 g/mol. The fourth-order valence-electron chi connectivity index (χ4n) is 2.78. The third kappa shape index (κ3) is 5.74. The van der Waals surface area contributed by atoms with Crippen LogP contribution in [0, 0.1) is 0 Å². The van der Waals surface area contributed by atoms with Crippen LogP contribution in [0.3, 0.4) is 0 Å². The Kier molecular flexibility index (Phi) is 5.84. The minimum absolute atomic E-state index is 0.281. The van der Waals surface area contributed by atoms with Crippen molar-refractivity contribution in [1.29, 1.82) is 0 Å². The largest absolute Gasteiger partial charge is 0.446 e. The molecule has 0 spiro atoms. The Morgan fingerprint density at radius 1 is 0.724 bits per heavy atom. The molecular weight excluding hydrogens is 422 g/mol. The summed E-state index contributed by atoms with van der Waals surface area (Å²) >= 11 is 0. The second kappa shape index (κ2) is 8.17. The van der Waals surface area contributed by atoms with Crippen molar-refractivity contribution in [2.75, 3.05) is 0 Å². The van der Waals surface area contributed by atoms with E-state index in [0.717, 1.165) is 23.4 Å². The number of hydrogen-bond donors (Lipinski definition) is 2. The van der Waals surface area contributed by atoms with Crippen molar-refractivity contribution in [2.45, 2.75) is 5.92 Å². The number of aromatic nitrogens is 1. The van der Waals surface area contributed by atoms with Crippen molar-refractivity contribution in [3.8, 4) is 11.5 Å². The summed E-state index contributed by atoms with van der Waals surface area (Å²) in [5.41, 5.74) is 1.91. The first-order valence-electron chi connectivity index (χ1n) is 8.06. The van der Waals surface area contributed by atoms with E-state index in [4.69, 9.17) is 9.11 Å². The highest BCUT2D eigenvalue weighted by Gasteiger charge is 2.24. The standard InChI is InChI=1S/C18H15NO8S2/c20-28(21,22)26-16-11-15(19-12-17(16)27-29(23,24)25)18(13-7-3-1-4-8-13)14-9-5-2-6-10-14/h1-12,18H,(H,20,21,22)(H,23,24,25). The molecular formula is C18H15NO8S2. The summed E-state index contributed by atoms with van der Waals surface area (Å²) in [7, 11) is -10.0. The van der Waals surface area contributed by atoms with Crippen LogP contribution in [0.2, 0.25) is 0 Å². The second-order valence-corrected chi connectivity index (χ2v) is 7.88. The van der Waals surface area contributed by atoms with Gasteiger partial charge in [0.2, 0.25) is 5.75 Å². The first-order valence-corrected chi connectivity index (χ1v) is 10.8. The van der Waals surface area contributed by atoms with Gasteiger partial charge in [0.15, 0.2) is 5.75 Å². The van der Waals surface area contributed by atoms with E-state index in [9.17, 15) is 16.8 Å². The number of nitrogens with zero attached hydrogens (tertiary/aromatic N) is 1. The minimum atomic E-state index is -5.01. The Labute approximate surface area is 167 Å². The Bertz CT molecular complexity index is 1160. The summed E-state index contributed by atoms with van der Waals surface area (Å²) in [6.07, 6.45) is 0.877. The van der Waals surface area contributed by atoms with Crippen molar-refractivity contribution in [1.82, 2.24) is 4.98 Å². The summed E-state index contributed by atoms with van der Waals surface area (Å²) in [6, 6.07) is 19.4. The molecule has 0 fully saturated rings. The molecule has 0 amide bonds. The molecule has 152 valence electrons. The van der Waals surface area contributed by atoms with Gasteiger partial charge in [-0.25, -0.2) is 0 Å². The van der Waals surface area contributed by atoms with Crippen LogP contribution in [0.1, 0.15) is 22.7 Å². The maximum Gasteiger partial charge on any atom is 0.446 e. The van der Waals surface area contributed by atoms with E-state index in [1.807, 2.05) is 60.7 Å². The highest BCUT2D eigenvalue weighted by Crippen LogP contribution is 2.36. The zero-order valence-corrected chi connectivity index (χ0v) is 16.2. The van der Waals surface area contributed by atoms with Gasteiger partial charge in [0.25, 0.3) is 0 Å². The Hall–Kier alpha value is -2.99. The van der Waals surface area contributed by atoms with Crippen LogP contribution < -0.4 is 8.37 Å². The number of pyridine rings is 1. The lowest BCUT2D eigenvalue weighted by atomic mass is 9.88. The zero-order chi connectivity index (χ0) is 21.1. The van der Waals surface area contributed by atoms with Gasteiger partial charge in [-0.15, -0.1) is 0 Å². The fourth-order valence-corrected chi connectivity index (χ4v) is 3.49. The van der Waals surface area contributed by atoms with Crippen LogP contribution in [0.25, 0.3) is 0 Å². The lowest BCUT2D eigenvalue weighted by Gasteiger charge is -2.19. The quantitative estimate of drug-likeness (QED) is 0.534. The third-order valence-electron chi connectivity index (χ3n) is 3.80. The van der Waals surface area contributed by atoms with Crippen LogP contribution in [0.15, 0.2) is 72.9 Å². The molecule has 1 aromatic heterocycles. The second-order valence-electron chi connectivity index (χ2n) is 5.83. The number of hydrogen-bond acceptors (Lipinski definition) is 7. The maximum atomic E-state index is 11.2. The Morgan fingerprint density at radius 3 is 1.62 bits per heavy atom. The van der Waals surface area contributed by atoms with Crippen molar-refractivity contribution in [3.05, 3.63) is 89.7 Å². The molecule has 0 aliphatic carbocycles. The predicted octanol–water partition coefficient (Wildman–Crippen LogP) is 2.62. The monoisotopic (exact) mass is 437 g/mol. The van der Waals surface area contributed by atoms with Crippen molar-refractivity contribution in [2.24, 2.45) is 0 Å². The van der Waals surface area contributed by atoms with Gasteiger partial charge < -0.3 is 8.37 Å². The SMILES string of the molecule is O=S(=O)(O)Oc1cnc(C(c2ccccc2)c2ccccc2)cc1OS(=O)(=O)O. The summed E-state index contributed by atoms with van der Waals surface area (Å²) in [5, 5.41) is 0. The summed E-state index contributed by atoms with van der Waals surface area (Å²) in [5.74, 6) is -1.85. The van der Waals surface area contributed by atoms with Crippen LogP contribution in [-0.2, 0) is 20.8 Å². The molecule has 3 aromatic rings. The first kappa shape index (κ1) is 20.7. The lowest BCUT2D eigenvalue weighted by molar-refractivity contribution is 0.360. The van der Waals surface area contributed by atoms with Crippen LogP contribution in [-0.4, -0.2) is 30.9 Å². The normalized spacial score (nSPS) is 12.0. The smallest absolute Gasteiger partial charge is 0.358 e. The topological polar surface area (TPSA) is 140 Å². The van der Waals surface area contributed by atoms with Gasteiger partial charge >= 0.3 is 20.8 Å². The molecule has 0 unspecified atom stereocenters. The van der Waals surface area contributed by atoms with E-state index >= 15 is 0 Å². The van der Waals surface area contributed by atoms with E-state index < -0.39 is 38.2 Å². The number of rotatable bonds is 7. The molecule has 3 rings (SSSR count). The fraction of sp³-hybridized carbons (Fsp3) is 0.0556. The lowest BCUT2D eigenvalue weighted by Crippen LogP contribution is -2.13. The molecule has 0 atom stereocenters. The van der Waals surface area contributed by atoms with Gasteiger partial charge in [0.1, 0.15) is 0 Å². The van der Waals surface area contributed by atoms with Gasteiger partial charge in [-0.3, -0.25) is 14.1 Å². The molecule has 11 heteroatoms. The van der Waals surface area contributed by atoms with E-state index in [1.54, 1.807) is 0 Å². The Balaban J connectivity index is 2.17. The van der Waals surface area contributed by atoms with Crippen molar-refractivity contribution in [3.63, 3.8) is 0 Å². The van der Waals surface area contributed by atoms with Crippen molar-refractivity contribution < 1.29 is 34.3 Å². The maximum absolute atomic E-state index is 11.2.